The quantitative estimate of drug-likeness (QED) is 0.394. The second-order valence-corrected chi connectivity index (χ2v) is 4.65. The van der Waals surface area contributed by atoms with Gasteiger partial charge in [0.2, 0.25) is 5.13 Å². The molecule has 0 unspecified atom stereocenters. The zero-order valence-electron chi connectivity index (χ0n) is 9.86. The molecule has 2 aromatic rings. The summed E-state index contributed by atoms with van der Waals surface area (Å²) in [5.74, 6) is -0.494. The number of nitrogens with zero attached hydrogens (tertiary/aromatic N) is 2. The van der Waals surface area contributed by atoms with Gasteiger partial charge in [-0.15, -0.1) is 11.3 Å². The number of hydrazone groups is 1. The third kappa shape index (κ3) is 3.47. The maximum Gasteiger partial charge on any atom is 0.510 e. The van der Waals surface area contributed by atoms with Crippen LogP contribution in [0, 0.1) is 5.82 Å². The number of rotatable bonds is 4. The van der Waals surface area contributed by atoms with E-state index in [9.17, 15) is 17.3 Å². The molecule has 20 heavy (non-hydrogen) atoms. The molecule has 1 heterocycles. The van der Waals surface area contributed by atoms with E-state index in [-0.39, 0.29) is 11.4 Å². The Hall–Kier alpha value is -2.10. The van der Waals surface area contributed by atoms with Crippen LogP contribution in [0.4, 0.5) is 28.3 Å². The van der Waals surface area contributed by atoms with E-state index in [4.69, 9.17) is 5.73 Å². The maximum atomic E-state index is 13.0. The molecule has 1 aromatic heterocycles. The first kappa shape index (κ1) is 14.3. The summed E-state index contributed by atoms with van der Waals surface area (Å²) in [5.41, 5.74) is 6.54. The van der Waals surface area contributed by atoms with E-state index >= 15 is 0 Å². The minimum absolute atomic E-state index is 0.276. The average molecular weight is 303 g/mol. The van der Waals surface area contributed by atoms with Crippen molar-refractivity contribution >= 4 is 40.9 Å². The highest BCUT2D eigenvalue weighted by atomic mass is 32.1. The summed E-state index contributed by atoms with van der Waals surface area (Å²) in [6, 6.07) is 2.22. The Morgan fingerprint density at radius 1 is 1.35 bits per heavy atom. The second kappa shape index (κ2) is 5.49. The number of nitrogens with two attached hydrogens (primary N) is 1. The first-order valence-electron chi connectivity index (χ1n) is 5.36. The van der Waals surface area contributed by atoms with E-state index in [0.717, 1.165) is 29.7 Å². The number of anilines is 2. The van der Waals surface area contributed by atoms with Crippen LogP contribution >= 0.6 is 11.3 Å². The van der Waals surface area contributed by atoms with E-state index < -0.39 is 18.3 Å². The van der Waals surface area contributed by atoms with Crippen LogP contribution in [0.15, 0.2) is 28.7 Å². The molecule has 106 valence electrons. The Balaban J connectivity index is 2.21. The fraction of sp³-hybridized carbons (Fsp3) is 0. The Labute approximate surface area is 115 Å². The van der Waals surface area contributed by atoms with Gasteiger partial charge in [-0.05, 0) is 17.7 Å². The third-order valence-corrected chi connectivity index (χ3v) is 3.05. The fourth-order valence-electron chi connectivity index (χ4n) is 1.45. The van der Waals surface area contributed by atoms with Crippen molar-refractivity contribution in [2.45, 2.75) is 0 Å². The van der Waals surface area contributed by atoms with Crippen LogP contribution in [0.1, 0.15) is 5.56 Å². The van der Waals surface area contributed by atoms with Crippen LogP contribution in [0.25, 0.3) is 0 Å². The highest BCUT2D eigenvalue weighted by Crippen LogP contribution is 2.16. The van der Waals surface area contributed by atoms with Crippen molar-refractivity contribution in [1.29, 1.82) is 0 Å². The van der Waals surface area contributed by atoms with Gasteiger partial charge in [-0.1, -0.05) is 11.5 Å². The molecule has 0 saturated heterocycles. The minimum atomic E-state index is -5.24. The van der Waals surface area contributed by atoms with E-state index in [1.54, 1.807) is 5.38 Å². The van der Waals surface area contributed by atoms with Crippen LogP contribution in [-0.4, -0.2) is 18.2 Å². The molecule has 0 amide bonds. The lowest BCUT2D eigenvalue weighted by molar-refractivity contribution is 0.500. The molecule has 0 aliphatic heterocycles. The highest BCUT2D eigenvalue weighted by molar-refractivity contribution is 7.14. The summed E-state index contributed by atoms with van der Waals surface area (Å²) >= 11 is 1.14. The van der Waals surface area contributed by atoms with Crippen molar-refractivity contribution in [2.75, 3.05) is 11.2 Å². The number of hydrogen-bond acceptors (Lipinski definition) is 5. The average Bonchev–Trinajstić information content (AvgIpc) is 2.73. The number of benzene rings is 1. The SMILES string of the molecule is Nc1csc(NN=Cc2cc(F)ccc2[B-](F)(F)F)n1. The molecule has 0 bridgehead atoms. The topological polar surface area (TPSA) is 63.3 Å². The molecule has 0 aliphatic rings. The number of hydrogen-bond donors (Lipinski definition) is 2. The van der Waals surface area contributed by atoms with Crippen molar-refractivity contribution in [3.05, 3.63) is 35.0 Å². The summed E-state index contributed by atoms with van der Waals surface area (Å²) in [6.45, 7) is -5.24. The van der Waals surface area contributed by atoms with Crippen molar-refractivity contribution in [1.82, 2.24) is 4.98 Å². The van der Waals surface area contributed by atoms with Gasteiger partial charge in [-0.2, -0.15) is 5.10 Å². The van der Waals surface area contributed by atoms with Crippen LogP contribution in [-0.2, 0) is 0 Å². The van der Waals surface area contributed by atoms with E-state index in [2.05, 4.69) is 15.5 Å². The molecule has 0 atom stereocenters. The monoisotopic (exact) mass is 303 g/mol. The van der Waals surface area contributed by atoms with Crippen LogP contribution in [0.3, 0.4) is 0 Å². The predicted molar refractivity (Wildman–Crippen MR) is 72.9 cm³/mol. The van der Waals surface area contributed by atoms with Gasteiger partial charge in [0.25, 0.3) is 0 Å². The van der Waals surface area contributed by atoms with Gasteiger partial charge in [0.15, 0.2) is 0 Å². The van der Waals surface area contributed by atoms with Crippen molar-refractivity contribution in [3.8, 4) is 0 Å². The summed E-state index contributed by atoms with van der Waals surface area (Å²) in [4.78, 5) is 3.81. The highest BCUT2D eigenvalue weighted by Gasteiger charge is 2.27. The first-order chi connectivity index (χ1) is 9.36. The van der Waals surface area contributed by atoms with Gasteiger partial charge < -0.3 is 18.7 Å². The normalized spacial score (nSPS) is 12.0. The second-order valence-electron chi connectivity index (χ2n) is 3.80. The molecular weight excluding hydrogens is 295 g/mol. The minimum Gasteiger partial charge on any atom is -0.445 e. The smallest absolute Gasteiger partial charge is 0.445 e. The fourth-order valence-corrected chi connectivity index (χ4v) is 2.00. The molecular formula is C10H8BF4N4S-. The molecule has 0 aliphatic carbocycles. The summed E-state index contributed by atoms with van der Waals surface area (Å²) < 4.78 is 51.3. The Bertz CT molecular complexity index is 640. The molecule has 0 radical (unpaired) electrons. The molecule has 10 heteroatoms. The number of halogens is 4. The molecule has 0 fully saturated rings. The summed E-state index contributed by atoms with van der Waals surface area (Å²) in [5, 5.41) is 5.48. The van der Waals surface area contributed by atoms with Crippen LogP contribution in [0.5, 0.6) is 0 Å². The lowest BCUT2D eigenvalue weighted by Gasteiger charge is -2.17. The van der Waals surface area contributed by atoms with Crippen LogP contribution in [0.2, 0.25) is 0 Å². The van der Waals surface area contributed by atoms with Gasteiger partial charge in [0, 0.05) is 5.38 Å². The first-order valence-corrected chi connectivity index (χ1v) is 6.23. The van der Waals surface area contributed by atoms with Gasteiger partial charge >= 0.3 is 6.98 Å². The third-order valence-electron chi connectivity index (χ3n) is 2.29. The summed E-state index contributed by atoms with van der Waals surface area (Å²) in [7, 11) is 0. The molecule has 1 aromatic carbocycles. The number of nitrogens with one attached hydrogen (secondary N) is 1. The number of thiazole rings is 1. The molecule has 0 spiro atoms. The molecule has 0 saturated carbocycles. The Morgan fingerprint density at radius 2 is 2.10 bits per heavy atom. The van der Waals surface area contributed by atoms with Gasteiger partial charge in [-0.25, -0.2) is 9.37 Å². The standard InChI is InChI=1S/C10H8BF4N4S/c12-7-1-2-8(11(13,14)15)6(3-7)4-17-19-10-18-9(16)5-20-10/h1-5H,16H2,(H,18,19)/q-1. The van der Waals surface area contributed by atoms with E-state index in [0.29, 0.717) is 11.2 Å². The molecule has 3 N–H and O–H groups in total. The largest absolute Gasteiger partial charge is 0.510 e. The Kier molecular flexibility index (Phi) is 3.93. The number of nitrogen functional groups attached to an aromatic ring is 1. The van der Waals surface area contributed by atoms with Crippen molar-refractivity contribution < 1.29 is 17.3 Å². The number of aromatic nitrogens is 1. The summed E-state index contributed by atoms with van der Waals surface area (Å²) in [6.07, 6.45) is 0.894. The maximum absolute atomic E-state index is 13.0. The predicted octanol–water partition coefficient (Wildman–Crippen LogP) is 2.36. The molecule has 4 nitrogen and oxygen atoms in total. The van der Waals surface area contributed by atoms with Gasteiger partial charge in [-0.3, -0.25) is 5.43 Å². The zero-order chi connectivity index (χ0) is 14.8. The Morgan fingerprint density at radius 3 is 2.70 bits per heavy atom. The van der Waals surface area contributed by atoms with Crippen molar-refractivity contribution in [3.63, 3.8) is 0 Å². The zero-order valence-corrected chi connectivity index (χ0v) is 10.7. The lowest BCUT2D eigenvalue weighted by atomic mass is 9.77. The molecule has 2 rings (SSSR count). The van der Waals surface area contributed by atoms with Gasteiger partial charge in [0.1, 0.15) is 11.6 Å². The lowest BCUT2D eigenvalue weighted by Crippen LogP contribution is -2.37. The van der Waals surface area contributed by atoms with E-state index in [1.807, 2.05) is 0 Å². The van der Waals surface area contributed by atoms with E-state index in [1.165, 1.54) is 0 Å². The van der Waals surface area contributed by atoms with Crippen LogP contribution < -0.4 is 16.6 Å². The van der Waals surface area contributed by atoms with Gasteiger partial charge in [0.05, 0.1) is 6.21 Å². The van der Waals surface area contributed by atoms with Crippen molar-refractivity contribution in [2.24, 2.45) is 5.10 Å².